The Labute approximate surface area is 568 Å². The van der Waals surface area contributed by atoms with E-state index in [1.54, 1.807) is 0 Å². The summed E-state index contributed by atoms with van der Waals surface area (Å²) >= 11 is 0. The molecular formula is C74H144O17P2. The number of hydrogen-bond acceptors (Lipinski definition) is 15. The van der Waals surface area contributed by atoms with E-state index in [2.05, 4.69) is 48.5 Å². The molecule has 0 aliphatic rings. The topological polar surface area (TPSA) is 237 Å². The molecule has 0 bridgehead atoms. The van der Waals surface area contributed by atoms with Crippen molar-refractivity contribution in [3.8, 4) is 0 Å². The lowest BCUT2D eigenvalue weighted by atomic mass is 10.0. The predicted molar refractivity (Wildman–Crippen MR) is 377 cm³/mol. The van der Waals surface area contributed by atoms with E-state index in [0.29, 0.717) is 25.7 Å². The van der Waals surface area contributed by atoms with Gasteiger partial charge in [0, 0.05) is 25.7 Å². The lowest BCUT2D eigenvalue weighted by Gasteiger charge is -2.21. The van der Waals surface area contributed by atoms with E-state index >= 15 is 0 Å². The normalized spacial score (nSPS) is 14.1. The molecule has 0 spiro atoms. The second kappa shape index (κ2) is 64.7. The summed E-state index contributed by atoms with van der Waals surface area (Å²) in [5.41, 5.74) is 0. The first-order valence-electron chi connectivity index (χ1n) is 38.3. The molecule has 0 aliphatic heterocycles. The van der Waals surface area contributed by atoms with Crippen LogP contribution in [0.25, 0.3) is 0 Å². The van der Waals surface area contributed by atoms with Crippen LogP contribution in [0.2, 0.25) is 0 Å². The Bertz CT molecular complexity index is 1820. The molecule has 0 aromatic carbocycles. The maximum Gasteiger partial charge on any atom is 0.472 e. The summed E-state index contributed by atoms with van der Waals surface area (Å²) in [7, 11) is -9.91. The third-order valence-electron chi connectivity index (χ3n) is 17.1. The molecule has 93 heavy (non-hydrogen) atoms. The summed E-state index contributed by atoms with van der Waals surface area (Å²) in [6.45, 7) is 11.8. The average molecular weight is 1370 g/mol. The Morgan fingerprint density at radius 1 is 0.290 bits per heavy atom. The smallest absolute Gasteiger partial charge is 0.462 e. The van der Waals surface area contributed by atoms with Crippen LogP contribution < -0.4 is 0 Å². The number of carbonyl (C=O) groups is 4. The van der Waals surface area contributed by atoms with Crippen LogP contribution in [0.15, 0.2) is 0 Å². The zero-order valence-corrected chi connectivity index (χ0v) is 62.5. The van der Waals surface area contributed by atoms with Crippen molar-refractivity contribution in [1.29, 1.82) is 0 Å². The van der Waals surface area contributed by atoms with Crippen LogP contribution in [0, 0.1) is 17.8 Å². The molecule has 0 heterocycles. The number of phosphoric ester groups is 2. The number of esters is 4. The highest BCUT2D eigenvalue weighted by atomic mass is 31.2. The molecule has 19 heteroatoms. The highest BCUT2D eigenvalue weighted by molar-refractivity contribution is 7.47. The second-order valence-electron chi connectivity index (χ2n) is 28.1. The molecule has 0 aliphatic carbocycles. The van der Waals surface area contributed by atoms with Gasteiger partial charge in [-0.15, -0.1) is 0 Å². The molecular weight excluding hydrogens is 1220 g/mol. The molecule has 552 valence electrons. The molecule has 0 amide bonds. The Morgan fingerprint density at radius 3 is 0.731 bits per heavy atom. The van der Waals surface area contributed by atoms with Crippen LogP contribution >= 0.6 is 15.6 Å². The van der Waals surface area contributed by atoms with E-state index in [-0.39, 0.29) is 25.7 Å². The number of aliphatic hydroxyl groups is 1. The lowest BCUT2D eigenvalue weighted by Crippen LogP contribution is -2.30. The van der Waals surface area contributed by atoms with Crippen LogP contribution in [0.3, 0.4) is 0 Å². The van der Waals surface area contributed by atoms with E-state index in [1.165, 1.54) is 186 Å². The fourth-order valence-electron chi connectivity index (χ4n) is 11.2. The van der Waals surface area contributed by atoms with Crippen molar-refractivity contribution in [2.24, 2.45) is 17.8 Å². The maximum absolute atomic E-state index is 13.1. The number of aliphatic hydroxyl groups excluding tert-OH is 1. The quantitative estimate of drug-likeness (QED) is 0.0222. The molecule has 0 fully saturated rings. The minimum absolute atomic E-state index is 0.104. The standard InChI is InChI=1S/C74H144O17P2/c1-8-9-10-11-12-13-14-15-16-17-18-19-22-26-36-43-50-57-73(78)90-69(61-84-71(76)55-48-41-34-25-23-20-21-24-31-38-45-52-65(2)3)63-88-92(80,81)86-59-68(75)60-87-93(82,83)89-64-70(91-74(79)58-51-44-37-30-28-33-40-47-54-67(6)7)62-85-72(77)56-49-42-35-29-27-32-39-46-53-66(4)5/h65-70,75H,8-64H2,1-7H3,(H,80,81)(H,82,83)/t68-,69-,70-/m1/s1. The van der Waals surface area contributed by atoms with E-state index in [1.807, 2.05) is 0 Å². The van der Waals surface area contributed by atoms with Crippen molar-refractivity contribution in [2.75, 3.05) is 39.6 Å². The van der Waals surface area contributed by atoms with Crippen molar-refractivity contribution >= 4 is 39.5 Å². The van der Waals surface area contributed by atoms with Gasteiger partial charge >= 0.3 is 39.5 Å². The van der Waals surface area contributed by atoms with Gasteiger partial charge in [-0.1, -0.05) is 325 Å². The minimum Gasteiger partial charge on any atom is -0.462 e. The second-order valence-corrected chi connectivity index (χ2v) is 31.0. The Kier molecular flexibility index (Phi) is 63.4. The van der Waals surface area contributed by atoms with Gasteiger partial charge in [-0.2, -0.15) is 0 Å². The van der Waals surface area contributed by atoms with Crippen molar-refractivity contribution in [2.45, 2.75) is 394 Å². The van der Waals surface area contributed by atoms with Gasteiger partial charge in [0.1, 0.15) is 19.3 Å². The van der Waals surface area contributed by atoms with Crippen molar-refractivity contribution in [1.82, 2.24) is 0 Å². The Balaban J connectivity index is 5.25. The summed E-state index contributed by atoms with van der Waals surface area (Å²) < 4.78 is 68.4. The van der Waals surface area contributed by atoms with E-state index in [0.717, 1.165) is 108 Å². The SMILES string of the molecule is CCCCCCCCCCCCCCCCCCCC(=O)O[C@H](COC(=O)CCCCCCCCCCCCCC(C)C)COP(=O)(O)OC[C@@H](O)COP(=O)(O)OC[C@@H](COC(=O)CCCCCCCCCCC(C)C)OC(=O)CCCCCCCCCCC(C)C. The zero-order chi connectivity index (χ0) is 68.7. The first-order valence-corrected chi connectivity index (χ1v) is 41.3. The van der Waals surface area contributed by atoms with Gasteiger partial charge in [0.05, 0.1) is 26.4 Å². The lowest BCUT2D eigenvalue weighted by molar-refractivity contribution is -0.161. The molecule has 0 aromatic heterocycles. The van der Waals surface area contributed by atoms with Gasteiger partial charge < -0.3 is 33.8 Å². The van der Waals surface area contributed by atoms with Gasteiger partial charge in [-0.05, 0) is 43.4 Å². The number of ether oxygens (including phenoxy) is 4. The molecule has 0 aromatic rings. The summed E-state index contributed by atoms with van der Waals surface area (Å²) in [4.78, 5) is 72.7. The Morgan fingerprint density at radius 2 is 0.495 bits per heavy atom. The van der Waals surface area contributed by atoms with Gasteiger partial charge in [-0.25, -0.2) is 9.13 Å². The fourth-order valence-corrected chi connectivity index (χ4v) is 12.8. The molecule has 0 radical (unpaired) electrons. The molecule has 0 saturated heterocycles. The zero-order valence-electron chi connectivity index (χ0n) is 60.7. The van der Waals surface area contributed by atoms with Gasteiger partial charge in [0.25, 0.3) is 0 Å². The van der Waals surface area contributed by atoms with Crippen LogP contribution in [0.4, 0.5) is 0 Å². The predicted octanol–water partition coefficient (Wildman–Crippen LogP) is 21.4. The fraction of sp³-hybridized carbons (Fsp3) is 0.946. The highest BCUT2D eigenvalue weighted by Crippen LogP contribution is 2.45. The van der Waals surface area contributed by atoms with Crippen molar-refractivity contribution in [3.05, 3.63) is 0 Å². The van der Waals surface area contributed by atoms with E-state index in [4.69, 9.17) is 37.0 Å². The highest BCUT2D eigenvalue weighted by Gasteiger charge is 2.30. The number of phosphoric acid groups is 2. The van der Waals surface area contributed by atoms with Gasteiger partial charge in [0.2, 0.25) is 0 Å². The molecule has 0 rings (SSSR count). The molecule has 17 nitrogen and oxygen atoms in total. The number of carbonyl (C=O) groups excluding carboxylic acids is 4. The molecule has 3 N–H and O–H groups in total. The third-order valence-corrected chi connectivity index (χ3v) is 19.0. The molecule has 0 saturated carbocycles. The largest absolute Gasteiger partial charge is 0.472 e. The summed E-state index contributed by atoms with van der Waals surface area (Å²) in [5.74, 6) is 0.0936. The summed E-state index contributed by atoms with van der Waals surface area (Å²) in [5, 5.41) is 10.6. The van der Waals surface area contributed by atoms with Crippen LogP contribution in [-0.2, 0) is 65.4 Å². The first-order chi connectivity index (χ1) is 44.7. The monoisotopic (exact) mass is 1370 g/mol. The van der Waals surface area contributed by atoms with Crippen LogP contribution in [0.1, 0.15) is 376 Å². The van der Waals surface area contributed by atoms with Gasteiger partial charge in [0.15, 0.2) is 12.2 Å². The van der Waals surface area contributed by atoms with Crippen LogP contribution in [-0.4, -0.2) is 96.7 Å². The summed E-state index contributed by atoms with van der Waals surface area (Å²) in [6, 6.07) is 0. The number of rotatable bonds is 72. The molecule has 2 unspecified atom stereocenters. The summed E-state index contributed by atoms with van der Waals surface area (Å²) in [6.07, 6.45) is 50.0. The van der Waals surface area contributed by atoms with Crippen molar-refractivity contribution < 1.29 is 80.2 Å². The number of hydrogen-bond donors (Lipinski definition) is 3. The number of unbranched alkanes of at least 4 members (excludes halogenated alkanes) is 40. The Hall–Kier alpha value is -1.94. The first kappa shape index (κ1) is 91.1. The molecule has 5 atom stereocenters. The average Bonchev–Trinajstić information content (AvgIpc) is 3.69. The van der Waals surface area contributed by atoms with E-state index < -0.39 is 97.5 Å². The minimum atomic E-state index is -4.96. The third kappa shape index (κ3) is 68.4. The van der Waals surface area contributed by atoms with Crippen LogP contribution in [0.5, 0.6) is 0 Å². The van der Waals surface area contributed by atoms with E-state index in [9.17, 15) is 43.2 Å². The van der Waals surface area contributed by atoms with Gasteiger partial charge in [-0.3, -0.25) is 37.3 Å². The maximum atomic E-state index is 13.1. The van der Waals surface area contributed by atoms with Crippen molar-refractivity contribution in [3.63, 3.8) is 0 Å².